The molecule has 2 aliphatic heterocycles. The van der Waals surface area contributed by atoms with Crippen molar-refractivity contribution >= 4 is 39.8 Å². The number of carbonyl (C=O) groups is 1. The molecular formula is C32H36ClN5O. The van der Waals surface area contributed by atoms with E-state index in [1.54, 1.807) is 17.2 Å². The van der Waals surface area contributed by atoms with Crippen LogP contribution in [0.5, 0.6) is 0 Å². The lowest BCUT2D eigenvalue weighted by Crippen LogP contribution is -2.48. The second-order valence-corrected chi connectivity index (χ2v) is 10.8. The van der Waals surface area contributed by atoms with E-state index in [0.717, 1.165) is 71.6 Å². The highest BCUT2D eigenvalue weighted by molar-refractivity contribution is 6.36. The van der Waals surface area contributed by atoms with E-state index in [-0.39, 0.29) is 5.91 Å². The zero-order chi connectivity index (χ0) is 27.7. The number of fused-ring (bicyclic) bond motifs is 2. The van der Waals surface area contributed by atoms with Gasteiger partial charge in [-0.3, -0.25) is 9.69 Å². The highest BCUT2D eigenvalue weighted by Gasteiger charge is 2.26. The number of H-pyrrole nitrogens is 1. The summed E-state index contributed by atoms with van der Waals surface area (Å²) in [6.07, 6.45) is 10.3. The molecule has 1 amide bonds. The maximum absolute atomic E-state index is 12.5. The minimum Gasteiger partial charge on any atom is -0.369 e. The molecule has 0 spiro atoms. The van der Waals surface area contributed by atoms with E-state index in [0.29, 0.717) is 23.3 Å². The molecule has 0 atom stereocenters. The zero-order valence-corrected chi connectivity index (χ0v) is 23.8. The maximum Gasteiger partial charge on any atom is 0.250 e. The molecule has 7 heteroatoms. The van der Waals surface area contributed by atoms with Crippen LogP contribution in [0.25, 0.3) is 27.7 Å². The molecule has 0 bridgehead atoms. The van der Waals surface area contributed by atoms with Crippen LogP contribution in [0.4, 0.5) is 5.69 Å². The second kappa shape index (κ2) is 11.2. The summed E-state index contributed by atoms with van der Waals surface area (Å²) in [4.78, 5) is 27.3. The molecule has 4 heterocycles. The van der Waals surface area contributed by atoms with Gasteiger partial charge in [-0.2, -0.15) is 0 Å². The number of carbonyl (C=O) groups excluding carboxylic acids is 1. The summed E-state index contributed by atoms with van der Waals surface area (Å²) in [5.41, 5.74) is 7.54. The summed E-state index contributed by atoms with van der Waals surface area (Å²) in [6.45, 7) is 19.5. The van der Waals surface area contributed by atoms with E-state index < -0.39 is 0 Å². The van der Waals surface area contributed by atoms with Gasteiger partial charge in [0, 0.05) is 67.3 Å². The van der Waals surface area contributed by atoms with E-state index in [2.05, 4.69) is 90.1 Å². The molecule has 0 radical (unpaired) electrons. The van der Waals surface area contributed by atoms with Gasteiger partial charge in [-0.05, 0) is 68.2 Å². The zero-order valence-electron chi connectivity index (χ0n) is 23.0. The standard InChI is InChI=1S/C32H36ClN5O/c1-6-25(37-18-16-36(17-19-37)21(3)4)11-8-22(5)31-29(30-26(33)12-14-34-32(30)35-31)24-10-9-23-13-15-38(27(23)20-24)28(39)7-2/h6-12,14,20-21H,2,5,13,15-19H2,1,3-4H3,(H,34,35)/b11-8-,25-6+. The molecule has 5 rings (SSSR count). The van der Waals surface area contributed by atoms with Crippen molar-refractivity contribution in [3.63, 3.8) is 0 Å². The number of pyridine rings is 1. The molecular weight excluding hydrogens is 506 g/mol. The van der Waals surface area contributed by atoms with Crippen LogP contribution in [0.2, 0.25) is 5.02 Å². The lowest BCUT2D eigenvalue weighted by atomic mass is 9.97. The molecule has 1 saturated heterocycles. The highest BCUT2D eigenvalue weighted by Crippen LogP contribution is 2.41. The van der Waals surface area contributed by atoms with Crippen LogP contribution in [0.3, 0.4) is 0 Å². The molecule has 202 valence electrons. The van der Waals surface area contributed by atoms with Gasteiger partial charge in [-0.1, -0.05) is 49.0 Å². The first-order chi connectivity index (χ1) is 18.8. The number of aromatic amines is 1. The molecule has 0 saturated carbocycles. The van der Waals surface area contributed by atoms with Crippen LogP contribution in [-0.4, -0.2) is 64.4 Å². The fraction of sp³-hybridized carbons (Fsp3) is 0.312. The first-order valence-electron chi connectivity index (χ1n) is 13.6. The molecule has 0 aliphatic carbocycles. The average molecular weight is 542 g/mol. The Kier molecular flexibility index (Phi) is 7.78. The number of piperazine rings is 1. The number of anilines is 1. The predicted octanol–water partition coefficient (Wildman–Crippen LogP) is 6.46. The summed E-state index contributed by atoms with van der Waals surface area (Å²) >= 11 is 6.73. The second-order valence-electron chi connectivity index (χ2n) is 10.4. The van der Waals surface area contributed by atoms with Gasteiger partial charge >= 0.3 is 0 Å². The molecule has 39 heavy (non-hydrogen) atoms. The van der Waals surface area contributed by atoms with Gasteiger partial charge in [0.1, 0.15) is 5.65 Å². The minimum absolute atomic E-state index is 0.0924. The monoisotopic (exact) mass is 541 g/mol. The van der Waals surface area contributed by atoms with Crippen molar-refractivity contribution in [1.29, 1.82) is 0 Å². The molecule has 1 N–H and O–H groups in total. The highest BCUT2D eigenvalue weighted by atomic mass is 35.5. The van der Waals surface area contributed by atoms with Crippen molar-refractivity contribution in [3.05, 3.63) is 89.9 Å². The van der Waals surface area contributed by atoms with Crippen LogP contribution >= 0.6 is 11.6 Å². The largest absolute Gasteiger partial charge is 0.369 e. The van der Waals surface area contributed by atoms with Crippen LogP contribution < -0.4 is 4.90 Å². The maximum atomic E-state index is 12.5. The number of amides is 1. The molecule has 3 aromatic rings. The number of aromatic nitrogens is 2. The first kappa shape index (κ1) is 27.0. The van der Waals surface area contributed by atoms with Crippen LogP contribution in [0.1, 0.15) is 32.0 Å². The van der Waals surface area contributed by atoms with E-state index in [4.69, 9.17) is 11.6 Å². The number of hydrogen-bond acceptors (Lipinski definition) is 4. The quantitative estimate of drug-likeness (QED) is 0.275. The van der Waals surface area contributed by atoms with Crippen molar-refractivity contribution in [2.45, 2.75) is 33.2 Å². The number of nitrogens with one attached hydrogen (secondary N) is 1. The van der Waals surface area contributed by atoms with Crippen molar-refractivity contribution in [2.24, 2.45) is 0 Å². The summed E-state index contributed by atoms with van der Waals surface area (Å²) in [6, 6.07) is 8.64. The molecule has 1 fully saturated rings. The Morgan fingerprint density at radius 2 is 1.90 bits per heavy atom. The minimum atomic E-state index is -0.0924. The van der Waals surface area contributed by atoms with Crippen LogP contribution in [-0.2, 0) is 11.2 Å². The summed E-state index contributed by atoms with van der Waals surface area (Å²) in [5, 5.41) is 1.46. The van der Waals surface area contributed by atoms with Crippen molar-refractivity contribution in [2.75, 3.05) is 37.6 Å². The fourth-order valence-corrected chi connectivity index (χ4v) is 5.87. The van der Waals surface area contributed by atoms with Crippen molar-refractivity contribution in [1.82, 2.24) is 19.8 Å². The Bertz CT molecular complexity index is 1490. The first-order valence-corrected chi connectivity index (χ1v) is 14.0. The van der Waals surface area contributed by atoms with E-state index in [1.165, 1.54) is 11.8 Å². The van der Waals surface area contributed by atoms with Gasteiger partial charge in [0.25, 0.3) is 0 Å². The van der Waals surface area contributed by atoms with Crippen LogP contribution in [0, 0.1) is 0 Å². The molecule has 0 unspecified atom stereocenters. The lowest BCUT2D eigenvalue weighted by Gasteiger charge is -2.38. The Morgan fingerprint density at radius 1 is 1.13 bits per heavy atom. The summed E-state index contributed by atoms with van der Waals surface area (Å²) in [7, 11) is 0. The molecule has 2 aromatic heterocycles. The molecule has 1 aromatic carbocycles. The van der Waals surface area contributed by atoms with Crippen molar-refractivity contribution in [3.8, 4) is 11.1 Å². The summed E-state index contributed by atoms with van der Waals surface area (Å²) < 4.78 is 0. The smallest absolute Gasteiger partial charge is 0.250 e. The third-order valence-corrected chi connectivity index (χ3v) is 8.15. The normalized spacial score (nSPS) is 16.5. The Balaban J connectivity index is 1.50. The van der Waals surface area contributed by atoms with Gasteiger partial charge in [-0.25, -0.2) is 4.98 Å². The SMILES string of the molecule is C=CC(=O)N1CCc2ccc(-c3c(C(=C)/C=C\C(=C/C)N4CCN(C(C)C)CC4)[nH]c4nccc(Cl)c34)cc21. The van der Waals surface area contributed by atoms with Gasteiger partial charge in [0.2, 0.25) is 5.91 Å². The van der Waals surface area contributed by atoms with Gasteiger partial charge in [0.05, 0.1) is 10.7 Å². The topological polar surface area (TPSA) is 55.5 Å². The Morgan fingerprint density at radius 3 is 2.59 bits per heavy atom. The van der Waals surface area contributed by atoms with Gasteiger partial charge in [-0.15, -0.1) is 0 Å². The third kappa shape index (κ3) is 5.19. The number of rotatable bonds is 7. The average Bonchev–Trinajstić information content (AvgIpc) is 3.55. The van der Waals surface area contributed by atoms with E-state index in [9.17, 15) is 4.79 Å². The molecule has 6 nitrogen and oxygen atoms in total. The lowest BCUT2D eigenvalue weighted by molar-refractivity contribution is -0.114. The Hall–Kier alpha value is -3.61. The Labute approximate surface area is 236 Å². The molecule has 2 aliphatic rings. The van der Waals surface area contributed by atoms with Gasteiger partial charge in [0.15, 0.2) is 0 Å². The van der Waals surface area contributed by atoms with Crippen LogP contribution in [0.15, 0.2) is 73.6 Å². The number of allylic oxidation sites excluding steroid dienone is 4. The third-order valence-electron chi connectivity index (χ3n) is 7.84. The fourth-order valence-electron chi connectivity index (χ4n) is 5.63. The number of nitrogens with zero attached hydrogens (tertiary/aromatic N) is 4. The predicted molar refractivity (Wildman–Crippen MR) is 163 cm³/mol. The van der Waals surface area contributed by atoms with Crippen molar-refractivity contribution < 1.29 is 4.79 Å². The van der Waals surface area contributed by atoms with E-state index >= 15 is 0 Å². The summed E-state index contributed by atoms with van der Waals surface area (Å²) in [5.74, 6) is -0.0924. The number of halogens is 1. The van der Waals surface area contributed by atoms with Gasteiger partial charge < -0.3 is 14.8 Å². The number of benzene rings is 1. The van der Waals surface area contributed by atoms with E-state index in [1.807, 2.05) is 0 Å². The number of hydrogen-bond donors (Lipinski definition) is 1.